The molecule has 1 amide bonds. The Morgan fingerprint density at radius 1 is 0.974 bits per heavy atom. The highest BCUT2D eigenvalue weighted by Gasteiger charge is 2.19. The summed E-state index contributed by atoms with van der Waals surface area (Å²) in [5.41, 5.74) is 6.22. The molecule has 0 saturated heterocycles. The Hall–Kier alpha value is -4.85. The van der Waals surface area contributed by atoms with Crippen molar-refractivity contribution < 1.29 is 9.59 Å². The lowest BCUT2D eigenvalue weighted by molar-refractivity contribution is 0.102. The number of hydrogen-bond acceptors (Lipinski definition) is 5. The molecule has 0 fully saturated rings. The molecule has 38 heavy (non-hydrogen) atoms. The number of anilines is 1. The summed E-state index contributed by atoms with van der Waals surface area (Å²) in [4.78, 5) is 31.1. The fourth-order valence-electron chi connectivity index (χ4n) is 4.52. The standard InChI is InChI=1S/C30H28N6O2/c1-5-36-28(15-20(4)35-36)32-30(38)25-17-24(18(2)14-19(25)3)29(37)21-9-11-23-26(33-34-27(23)16-21)12-10-22-8-6-7-13-31-22/h6-17H,5H2,1-4H3,(H,32,38)(H,33,34)/b12-10+. The maximum atomic E-state index is 13.6. The number of nitrogens with one attached hydrogen (secondary N) is 2. The molecule has 0 aliphatic heterocycles. The van der Waals surface area contributed by atoms with Crippen LogP contribution >= 0.6 is 0 Å². The van der Waals surface area contributed by atoms with Gasteiger partial charge in [0.15, 0.2) is 5.78 Å². The second-order valence-corrected chi connectivity index (χ2v) is 9.21. The van der Waals surface area contributed by atoms with Crippen molar-refractivity contribution in [3.05, 3.63) is 106 Å². The van der Waals surface area contributed by atoms with Gasteiger partial charge in [-0.3, -0.25) is 19.7 Å². The first-order valence-electron chi connectivity index (χ1n) is 12.4. The van der Waals surface area contributed by atoms with Crippen LogP contribution in [0.3, 0.4) is 0 Å². The molecule has 0 saturated carbocycles. The van der Waals surface area contributed by atoms with Crippen molar-refractivity contribution in [3.63, 3.8) is 0 Å². The first kappa shape index (κ1) is 24.8. The maximum absolute atomic E-state index is 13.6. The molecule has 0 bridgehead atoms. The van der Waals surface area contributed by atoms with Gasteiger partial charge in [-0.15, -0.1) is 0 Å². The summed E-state index contributed by atoms with van der Waals surface area (Å²) in [6.45, 7) is 8.23. The number of fused-ring (bicyclic) bond motifs is 1. The lowest BCUT2D eigenvalue weighted by Crippen LogP contribution is -2.18. The van der Waals surface area contributed by atoms with Crippen LogP contribution in [0.1, 0.15) is 61.4 Å². The Labute approximate surface area is 220 Å². The zero-order valence-electron chi connectivity index (χ0n) is 21.7. The molecule has 0 aliphatic carbocycles. The van der Waals surface area contributed by atoms with Gasteiger partial charge in [0.25, 0.3) is 5.91 Å². The van der Waals surface area contributed by atoms with Gasteiger partial charge in [0.05, 0.1) is 22.6 Å². The van der Waals surface area contributed by atoms with Crippen molar-refractivity contribution in [1.82, 2.24) is 25.0 Å². The van der Waals surface area contributed by atoms with Crippen molar-refractivity contribution in [2.24, 2.45) is 0 Å². The fraction of sp³-hybridized carbons (Fsp3) is 0.167. The average molecular weight is 505 g/mol. The van der Waals surface area contributed by atoms with E-state index in [1.807, 2.05) is 76.2 Å². The number of benzene rings is 2. The topological polar surface area (TPSA) is 106 Å². The van der Waals surface area contributed by atoms with Gasteiger partial charge < -0.3 is 5.32 Å². The van der Waals surface area contributed by atoms with Crippen LogP contribution in [0.4, 0.5) is 5.82 Å². The second-order valence-electron chi connectivity index (χ2n) is 9.21. The lowest BCUT2D eigenvalue weighted by atomic mass is 9.93. The molecule has 0 aliphatic rings. The molecule has 190 valence electrons. The van der Waals surface area contributed by atoms with E-state index in [0.717, 1.165) is 39.1 Å². The van der Waals surface area contributed by atoms with Crippen LogP contribution in [0.2, 0.25) is 0 Å². The van der Waals surface area contributed by atoms with E-state index in [1.54, 1.807) is 29.1 Å². The van der Waals surface area contributed by atoms with Crippen LogP contribution in [-0.2, 0) is 6.54 Å². The van der Waals surface area contributed by atoms with Crippen molar-refractivity contribution >= 4 is 40.6 Å². The lowest BCUT2D eigenvalue weighted by Gasteiger charge is -2.13. The summed E-state index contributed by atoms with van der Waals surface area (Å²) in [5.74, 6) is 0.188. The molecular formula is C30H28N6O2. The monoisotopic (exact) mass is 504 g/mol. The quantitative estimate of drug-likeness (QED) is 0.274. The number of hydrogen-bond donors (Lipinski definition) is 2. The van der Waals surface area contributed by atoms with Crippen molar-refractivity contribution in [2.75, 3.05) is 5.32 Å². The highest BCUT2D eigenvalue weighted by molar-refractivity contribution is 6.13. The molecule has 0 atom stereocenters. The smallest absolute Gasteiger partial charge is 0.257 e. The zero-order valence-corrected chi connectivity index (χ0v) is 21.7. The number of ketones is 1. The van der Waals surface area contributed by atoms with Crippen LogP contribution in [-0.4, -0.2) is 36.7 Å². The first-order valence-corrected chi connectivity index (χ1v) is 12.4. The Kier molecular flexibility index (Phi) is 6.70. The Morgan fingerprint density at radius 3 is 2.55 bits per heavy atom. The Morgan fingerprint density at radius 2 is 1.79 bits per heavy atom. The van der Waals surface area contributed by atoms with Gasteiger partial charge in [0.2, 0.25) is 0 Å². The van der Waals surface area contributed by atoms with Gasteiger partial charge in [0.1, 0.15) is 5.82 Å². The normalized spacial score (nSPS) is 11.4. The number of amides is 1. The third-order valence-electron chi connectivity index (χ3n) is 6.46. The van der Waals surface area contributed by atoms with Gasteiger partial charge in [0, 0.05) is 40.9 Å². The number of carbonyl (C=O) groups excluding carboxylic acids is 2. The molecule has 3 heterocycles. The summed E-state index contributed by atoms with van der Waals surface area (Å²) in [6.07, 6.45) is 5.53. The van der Waals surface area contributed by atoms with Gasteiger partial charge in [-0.2, -0.15) is 10.2 Å². The van der Waals surface area contributed by atoms with E-state index in [0.29, 0.717) is 29.1 Å². The molecule has 8 heteroatoms. The summed E-state index contributed by atoms with van der Waals surface area (Å²) in [5, 5.41) is 15.6. The summed E-state index contributed by atoms with van der Waals surface area (Å²) in [7, 11) is 0. The van der Waals surface area contributed by atoms with Crippen LogP contribution in [0.15, 0.2) is 60.8 Å². The van der Waals surface area contributed by atoms with Crippen LogP contribution in [0.25, 0.3) is 23.1 Å². The number of rotatable bonds is 7. The summed E-state index contributed by atoms with van der Waals surface area (Å²) < 4.78 is 1.74. The fourth-order valence-corrected chi connectivity index (χ4v) is 4.52. The molecular weight excluding hydrogens is 476 g/mol. The average Bonchev–Trinajstić information content (AvgIpc) is 3.49. The minimum atomic E-state index is -0.278. The van der Waals surface area contributed by atoms with Crippen molar-refractivity contribution in [1.29, 1.82) is 0 Å². The number of carbonyl (C=O) groups is 2. The van der Waals surface area contributed by atoms with E-state index in [-0.39, 0.29) is 11.7 Å². The minimum absolute atomic E-state index is 0.159. The van der Waals surface area contributed by atoms with E-state index < -0.39 is 0 Å². The van der Waals surface area contributed by atoms with Gasteiger partial charge in [-0.25, -0.2) is 4.68 Å². The predicted octanol–water partition coefficient (Wildman–Crippen LogP) is 5.75. The highest BCUT2D eigenvalue weighted by Crippen LogP contribution is 2.24. The Balaban J connectivity index is 1.43. The van der Waals surface area contributed by atoms with E-state index in [1.165, 1.54) is 0 Å². The second kappa shape index (κ2) is 10.3. The maximum Gasteiger partial charge on any atom is 0.257 e. The molecule has 5 aromatic rings. The minimum Gasteiger partial charge on any atom is -0.307 e. The number of nitrogens with zero attached hydrogens (tertiary/aromatic N) is 4. The molecule has 5 rings (SSSR count). The molecule has 0 spiro atoms. The number of pyridine rings is 1. The van der Waals surface area contributed by atoms with E-state index >= 15 is 0 Å². The molecule has 2 aromatic carbocycles. The van der Waals surface area contributed by atoms with Crippen molar-refractivity contribution in [2.45, 2.75) is 34.2 Å². The molecule has 0 unspecified atom stereocenters. The first-order chi connectivity index (χ1) is 18.3. The van der Waals surface area contributed by atoms with Gasteiger partial charge in [-0.05, 0) is 81.3 Å². The molecule has 8 nitrogen and oxygen atoms in total. The van der Waals surface area contributed by atoms with Crippen molar-refractivity contribution in [3.8, 4) is 0 Å². The van der Waals surface area contributed by atoms with E-state index in [9.17, 15) is 9.59 Å². The largest absolute Gasteiger partial charge is 0.307 e. The molecule has 3 aromatic heterocycles. The number of aryl methyl sites for hydroxylation is 4. The molecule has 0 radical (unpaired) electrons. The van der Waals surface area contributed by atoms with Gasteiger partial charge in [-0.1, -0.05) is 18.2 Å². The van der Waals surface area contributed by atoms with E-state index in [4.69, 9.17) is 0 Å². The third-order valence-corrected chi connectivity index (χ3v) is 6.46. The summed E-state index contributed by atoms with van der Waals surface area (Å²) >= 11 is 0. The SMILES string of the molecule is CCn1nc(C)cc1NC(=O)c1cc(C(=O)c2ccc3c(/C=C/c4ccccn4)n[nH]c3c2)c(C)cc1C. The van der Waals surface area contributed by atoms with E-state index in [2.05, 4.69) is 25.6 Å². The van der Waals surface area contributed by atoms with Crippen LogP contribution in [0, 0.1) is 20.8 Å². The third kappa shape index (κ3) is 4.88. The number of H-pyrrole nitrogens is 1. The highest BCUT2D eigenvalue weighted by atomic mass is 16.2. The van der Waals surface area contributed by atoms with Crippen LogP contribution < -0.4 is 5.32 Å². The predicted molar refractivity (Wildman–Crippen MR) is 149 cm³/mol. The summed E-state index contributed by atoms with van der Waals surface area (Å²) in [6, 6.07) is 16.6. The zero-order chi connectivity index (χ0) is 26.8. The van der Waals surface area contributed by atoms with Crippen LogP contribution in [0.5, 0.6) is 0 Å². The number of aromatic amines is 1. The molecule has 2 N–H and O–H groups in total. The van der Waals surface area contributed by atoms with Gasteiger partial charge >= 0.3 is 0 Å². The Bertz CT molecular complexity index is 1700. The number of aromatic nitrogens is 5.